The molecule has 0 saturated heterocycles. The molecule has 132 valence electrons. The second kappa shape index (κ2) is 5.37. The summed E-state index contributed by atoms with van der Waals surface area (Å²) in [5.41, 5.74) is 3.11. The lowest BCUT2D eigenvalue weighted by Crippen LogP contribution is -2.46. The van der Waals surface area contributed by atoms with Gasteiger partial charge in [0.15, 0.2) is 5.43 Å². The molecule has 0 atom stereocenters. The fourth-order valence-electron chi connectivity index (χ4n) is 3.50. The Kier molecular flexibility index (Phi) is 3.45. The summed E-state index contributed by atoms with van der Waals surface area (Å²) in [6, 6.07) is 11.7. The molecule has 0 saturated carbocycles. The third-order valence-electron chi connectivity index (χ3n) is 5.76. The molecule has 2 heterocycles. The number of aliphatic imine (C=N–C) groups is 1. The maximum Gasteiger partial charge on any atom is 0.192 e. The molecule has 1 aliphatic rings. The monoisotopic (exact) mass is 349 g/mol. The van der Waals surface area contributed by atoms with Crippen molar-refractivity contribution in [2.75, 3.05) is 0 Å². The molecule has 26 heavy (non-hydrogen) atoms. The SMILES string of the molecule is CC1(C)N=C(c2ccc3occc(=O)c3c2)c2ccc(F)cc2C1(C)C. The Hall–Kier alpha value is -2.75. The lowest BCUT2D eigenvalue weighted by molar-refractivity contribution is 0.302. The molecule has 0 spiro atoms. The van der Waals surface area contributed by atoms with Gasteiger partial charge in [0.2, 0.25) is 0 Å². The van der Waals surface area contributed by atoms with E-state index in [1.807, 2.05) is 12.1 Å². The maximum absolute atomic E-state index is 14.0. The first-order valence-electron chi connectivity index (χ1n) is 8.63. The van der Waals surface area contributed by atoms with Crippen LogP contribution in [0.4, 0.5) is 4.39 Å². The molecular weight excluding hydrogens is 329 g/mol. The normalized spacial score (nSPS) is 17.7. The van der Waals surface area contributed by atoms with Gasteiger partial charge in [-0.15, -0.1) is 0 Å². The fourth-order valence-corrected chi connectivity index (χ4v) is 3.50. The van der Waals surface area contributed by atoms with Crippen LogP contribution >= 0.6 is 0 Å². The molecule has 3 nitrogen and oxygen atoms in total. The van der Waals surface area contributed by atoms with E-state index < -0.39 is 5.54 Å². The van der Waals surface area contributed by atoms with Crippen LogP contribution < -0.4 is 5.43 Å². The topological polar surface area (TPSA) is 42.6 Å². The summed E-state index contributed by atoms with van der Waals surface area (Å²) in [5.74, 6) is -0.256. The van der Waals surface area contributed by atoms with Crippen molar-refractivity contribution in [1.29, 1.82) is 0 Å². The number of hydrogen-bond donors (Lipinski definition) is 0. The Morgan fingerprint density at radius 1 is 1.00 bits per heavy atom. The maximum atomic E-state index is 14.0. The summed E-state index contributed by atoms with van der Waals surface area (Å²) in [6.07, 6.45) is 1.40. The largest absolute Gasteiger partial charge is 0.464 e. The molecule has 0 N–H and O–H groups in total. The van der Waals surface area contributed by atoms with Gasteiger partial charge in [-0.3, -0.25) is 9.79 Å². The third kappa shape index (κ3) is 2.32. The van der Waals surface area contributed by atoms with Crippen LogP contribution in [-0.2, 0) is 5.41 Å². The zero-order valence-electron chi connectivity index (χ0n) is 15.3. The Bertz CT molecular complexity index is 1120. The molecule has 0 aliphatic carbocycles. The van der Waals surface area contributed by atoms with Gasteiger partial charge in [-0.05, 0) is 55.8 Å². The highest BCUT2D eigenvalue weighted by molar-refractivity contribution is 6.16. The summed E-state index contributed by atoms with van der Waals surface area (Å²) in [4.78, 5) is 17.2. The Labute approximate surface area is 151 Å². The van der Waals surface area contributed by atoms with E-state index in [0.717, 1.165) is 22.4 Å². The quantitative estimate of drug-likeness (QED) is 0.631. The lowest BCUT2D eigenvalue weighted by atomic mass is 9.65. The van der Waals surface area contributed by atoms with Gasteiger partial charge in [0.1, 0.15) is 11.4 Å². The van der Waals surface area contributed by atoms with Crippen molar-refractivity contribution in [3.63, 3.8) is 0 Å². The number of fused-ring (bicyclic) bond motifs is 2. The standard InChI is InChI=1S/C22H20FNO2/c1-21(2)17-12-14(23)6-7-15(17)20(24-22(21,3)4)13-5-8-19-16(11-13)18(25)9-10-26-19/h5-12H,1-4H3. The Morgan fingerprint density at radius 2 is 1.77 bits per heavy atom. The molecule has 4 heteroatoms. The van der Waals surface area contributed by atoms with Crippen LogP contribution in [0.5, 0.6) is 0 Å². The summed E-state index contributed by atoms with van der Waals surface area (Å²) < 4.78 is 19.4. The molecule has 0 unspecified atom stereocenters. The first-order chi connectivity index (χ1) is 12.2. The van der Waals surface area contributed by atoms with Crippen LogP contribution in [0.15, 0.2) is 62.9 Å². The summed E-state index contributed by atoms with van der Waals surface area (Å²) >= 11 is 0. The van der Waals surface area contributed by atoms with Gasteiger partial charge in [0.25, 0.3) is 0 Å². The number of nitrogens with zero attached hydrogens (tertiary/aromatic N) is 1. The fraction of sp³-hybridized carbons (Fsp3) is 0.273. The molecular formula is C22H20FNO2. The highest BCUT2D eigenvalue weighted by Crippen LogP contribution is 2.44. The van der Waals surface area contributed by atoms with E-state index in [9.17, 15) is 9.18 Å². The van der Waals surface area contributed by atoms with Gasteiger partial charge in [-0.2, -0.15) is 0 Å². The molecule has 0 amide bonds. The highest BCUT2D eigenvalue weighted by Gasteiger charge is 2.44. The van der Waals surface area contributed by atoms with Crippen molar-refractivity contribution in [2.45, 2.75) is 38.6 Å². The van der Waals surface area contributed by atoms with E-state index in [1.165, 1.54) is 18.4 Å². The zero-order valence-corrected chi connectivity index (χ0v) is 15.3. The predicted molar refractivity (Wildman–Crippen MR) is 102 cm³/mol. The van der Waals surface area contributed by atoms with Gasteiger partial charge < -0.3 is 4.42 Å². The molecule has 1 aliphatic heterocycles. The average molecular weight is 349 g/mol. The second-order valence-electron chi connectivity index (χ2n) is 7.83. The van der Waals surface area contributed by atoms with Crippen LogP contribution in [-0.4, -0.2) is 11.3 Å². The molecule has 3 aromatic rings. The van der Waals surface area contributed by atoms with Gasteiger partial charge in [-0.25, -0.2) is 4.39 Å². The molecule has 0 radical (unpaired) electrons. The van der Waals surface area contributed by atoms with Crippen LogP contribution in [0, 0.1) is 5.82 Å². The summed E-state index contributed by atoms with van der Waals surface area (Å²) in [6.45, 7) is 8.27. The van der Waals surface area contributed by atoms with E-state index in [0.29, 0.717) is 11.0 Å². The number of halogens is 1. The second-order valence-corrected chi connectivity index (χ2v) is 7.83. The van der Waals surface area contributed by atoms with E-state index >= 15 is 0 Å². The van der Waals surface area contributed by atoms with Crippen molar-refractivity contribution < 1.29 is 8.81 Å². The molecule has 1 aromatic heterocycles. The zero-order chi connectivity index (χ0) is 18.7. The molecule has 0 bridgehead atoms. The number of rotatable bonds is 1. The molecule has 2 aromatic carbocycles. The van der Waals surface area contributed by atoms with Crippen LogP contribution in [0.3, 0.4) is 0 Å². The molecule has 0 fully saturated rings. The van der Waals surface area contributed by atoms with Crippen molar-refractivity contribution in [3.05, 3.63) is 81.5 Å². The lowest BCUT2D eigenvalue weighted by Gasteiger charge is -2.44. The van der Waals surface area contributed by atoms with Crippen molar-refractivity contribution in [2.24, 2.45) is 4.99 Å². The average Bonchev–Trinajstić information content (AvgIpc) is 2.59. The third-order valence-corrected chi connectivity index (χ3v) is 5.76. The van der Waals surface area contributed by atoms with Crippen LogP contribution in [0.1, 0.15) is 44.4 Å². The van der Waals surface area contributed by atoms with Gasteiger partial charge >= 0.3 is 0 Å². The van der Waals surface area contributed by atoms with E-state index in [1.54, 1.807) is 18.2 Å². The van der Waals surface area contributed by atoms with E-state index in [4.69, 9.17) is 9.41 Å². The van der Waals surface area contributed by atoms with E-state index in [-0.39, 0.29) is 16.7 Å². The Balaban J connectivity index is 2.01. The highest BCUT2D eigenvalue weighted by atomic mass is 19.1. The Morgan fingerprint density at radius 3 is 2.54 bits per heavy atom. The van der Waals surface area contributed by atoms with Crippen molar-refractivity contribution in [1.82, 2.24) is 0 Å². The first kappa shape index (κ1) is 16.7. The van der Waals surface area contributed by atoms with Crippen molar-refractivity contribution >= 4 is 16.7 Å². The van der Waals surface area contributed by atoms with Gasteiger partial charge in [0.05, 0.1) is 22.9 Å². The molecule has 4 rings (SSSR count). The smallest absolute Gasteiger partial charge is 0.192 e. The van der Waals surface area contributed by atoms with Crippen molar-refractivity contribution in [3.8, 4) is 0 Å². The minimum absolute atomic E-state index is 0.0940. The minimum atomic E-state index is -0.431. The van der Waals surface area contributed by atoms with Gasteiger partial charge in [-0.1, -0.05) is 13.8 Å². The van der Waals surface area contributed by atoms with Crippen LogP contribution in [0.25, 0.3) is 11.0 Å². The van der Waals surface area contributed by atoms with Crippen LogP contribution in [0.2, 0.25) is 0 Å². The number of benzene rings is 2. The first-order valence-corrected chi connectivity index (χ1v) is 8.63. The summed E-state index contributed by atoms with van der Waals surface area (Å²) in [5, 5.41) is 0.513. The van der Waals surface area contributed by atoms with Gasteiger partial charge in [0, 0.05) is 22.6 Å². The predicted octanol–water partition coefficient (Wildman–Crippen LogP) is 4.84. The summed E-state index contributed by atoms with van der Waals surface area (Å²) in [7, 11) is 0. The van der Waals surface area contributed by atoms with E-state index in [2.05, 4.69) is 27.7 Å². The number of hydrogen-bond acceptors (Lipinski definition) is 3. The minimum Gasteiger partial charge on any atom is -0.464 e.